The molecule has 6 nitrogen and oxygen atoms in total. The van der Waals surface area contributed by atoms with Gasteiger partial charge in [-0.1, -0.05) is 0 Å². The summed E-state index contributed by atoms with van der Waals surface area (Å²) in [5.74, 6) is -1.51. The lowest BCUT2D eigenvalue weighted by Crippen LogP contribution is -2.14. The van der Waals surface area contributed by atoms with Gasteiger partial charge in [-0.2, -0.15) is 0 Å². The van der Waals surface area contributed by atoms with E-state index in [0.717, 1.165) is 6.07 Å². The lowest BCUT2D eigenvalue weighted by atomic mass is 10.1. The first-order valence-electron chi connectivity index (χ1n) is 6.59. The molecule has 7 heteroatoms. The summed E-state index contributed by atoms with van der Waals surface area (Å²) in [4.78, 5) is 27.6. The van der Waals surface area contributed by atoms with Gasteiger partial charge in [-0.15, -0.1) is 0 Å². The number of nitrogens with zero attached hydrogens (tertiary/aromatic N) is 1. The molecule has 120 valence electrons. The number of aromatic nitrogens is 1. The fourth-order valence-corrected chi connectivity index (χ4v) is 1.76. The molecule has 0 unspecified atom stereocenters. The summed E-state index contributed by atoms with van der Waals surface area (Å²) in [5, 5.41) is 0. The van der Waals surface area contributed by atoms with Gasteiger partial charge in [-0.3, -0.25) is 4.79 Å². The van der Waals surface area contributed by atoms with Gasteiger partial charge in [0.15, 0.2) is 24.0 Å². The van der Waals surface area contributed by atoms with Gasteiger partial charge >= 0.3 is 5.97 Å². The number of Topliss-reactive ketones (excluding diaryl/α,β-unsaturated/α-hetero) is 1. The molecule has 1 aromatic carbocycles. The molecular formula is C16H14FNO5. The maximum atomic E-state index is 13.5. The number of carbonyl (C=O) groups is 2. The van der Waals surface area contributed by atoms with Crippen LogP contribution in [0.1, 0.15) is 20.7 Å². The summed E-state index contributed by atoms with van der Waals surface area (Å²) in [6.45, 7) is -0.503. The van der Waals surface area contributed by atoms with Crippen LogP contribution in [0, 0.1) is 5.82 Å². The maximum Gasteiger partial charge on any atom is 0.340 e. The predicted octanol–water partition coefficient (Wildman–Crippen LogP) is 2.28. The van der Waals surface area contributed by atoms with Crippen molar-refractivity contribution in [2.75, 3.05) is 20.8 Å². The van der Waals surface area contributed by atoms with Crippen molar-refractivity contribution < 1.29 is 28.2 Å². The Kier molecular flexibility index (Phi) is 5.24. The van der Waals surface area contributed by atoms with Crippen LogP contribution < -0.4 is 9.47 Å². The quantitative estimate of drug-likeness (QED) is 0.601. The van der Waals surface area contributed by atoms with Gasteiger partial charge in [0.2, 0.25) is 5.88 Å². The molecule has 23 heavy (non-hydrogen) atoms. The second-order valence-electron chi connectivity index (χ2n) is 4.44. The van der Waals surface area contributed by atoms with Gasteiger partial charge in [0.1, 0.15) is 0 Å². The van der Waals surface area contributed by atoms with Crippen molar-refractivity contribution in [3.8, 4) is 11.6 Å². The second kappa shape index (κ2) is 7.35. The van der Waals surface area contributed by atoms with E-state index in [1.807, 2.05) is 0 Å². The van der Waals surface area contributed by atoms with E-state index in [0.29, 0.717) is 5.88 Å². The molecule has 0 bridgehead atoms. The number of rotatable bonds is 6. The van der Waals surface area contributed by atoms with E-state index in [-0.39, 0.29) is 16.9 Å². The van der Waals surface area contributed by atoms with E-state index < -0.39 is 24.2 Å². The number of ether oxygens (including phenoxy) is 3. The van der Waals surface area contributed by atoms with Crippen molar-refractivity contribution in [1.29, 1.82) is 0 Å². The number of carbonyl (C=O) groups excluding carboxylic acids is 2. The highest BCUT2D eigenvalue weighted by Gasteiger charge is 2.14. The largest absolute Gasteiger partial charge is 0.494 e. The van der Waals surface area contributed by atoms with Crippen molar-refractivity contribution in [3.05, 3.63) is 53.5 Å². The first-order valence-corrected chi connectivity index (χ1v) is 6.59. The van der Waals surface area contributed by atoms with Gasteiger partial charge < -0.3 is 14.2 Å². The molecule has 2 aromatic rings. The molecule has 2 rings (SSSR count). The summed E-state index contributed by atoms with van der Waals surface area (Å²) in [5.41, 5.74) is 0.267. The molecule has 1 aromatic heterocycles. The van der Waals surface area contributed by atoms with Gasteiger partial charge in [0.25, 0.3) is 0 Å². The van der Waals surface area contributed by atoms with Gasteiger partial charge in [-0.05, 0) is 24.3 Å². The highest BCUT2D eigenvalue weighted by molar-refractivity contribution is 5.99. The predicted molar refractivity (Wildman–Crippen MR) is 78.4 cm³/mol. The van der Waals surface area contributed by atoms with Crippen molar-refractivity contribution in [2.24, 2.45) is 0 Å². The third-order valence-corrected chi connectivity index (χ3v) is 2.99. The molecular weight excluding hydrogens is 305 g/mol. The number of hydrogen-bond acceptors (Lipinski definition) is 6. The van der Waals surface area contributed by atoms with Crippen molar-refractivity contribution in [3.63, 3.8) is 0 Å². The van der Waals surface area contributed by atoms with Crippen LogP contribution in [-0.2, 0) is 4.74 Å². The Bertz CT molecular complexity index is 715. The lowest BCUT2D eigenvalue weighted by molar-refractivity contribution is 0.0474. The van der Waals surface area contributed by atoms with Gasteiger partial charge in [-0.25, -0.2) is 14.2 Å². The first-order chi connectivity index (χ1) is 11.0. The molecule has 0 N–H and O–H groups in total. The van der Waals surface area contributed by atoms with E-state index >= 15 is 0 Å². The fraction of sp³-hybridized carbons (Fsp3) is 0.188. The van der Waals surface area contributed by atoms with E-state index in [2.05, 4.69) is 4.98 Å². The maximum absolute atomic E-state index is 13.5. The molecule has 0 radical (unpaired) electrons. The van der Waals surface area contributed by atoms with Crippen molar-refractivity contribution in [2.45, 2.75) is 0 Å². The monoisotopic (exact) mass is 319 g/mol. The number of halogens is 1. The fourth-order valence-electron chi connectivity index (χ4n) is 1.76. The SMILES string of the molecule is COc1ccc(C(=O)OCC(=O)c2ccc(OC)c(F)c2)cn1. The molecule has 0 spiro atoms. The number of methoxy groups -OCH3 is 2. The molecule has 0 saturated carbocycles. The average Bonchev–Trinajstić information content (AvgIpc) is 2.59. The zero-order chi connectivity index (χ0) is 16.8. The Morgan fingerprint density at radius 1 is 1.09 bits per heavy atom. The number of benzene rings is 1. The van der Waals surface area contributed by atoms with E-state index in [1.165, 1.54) is 44.7 Å². The number of ketones is 1. The Labute approximate surface area is 131 Å². The molecule has 1 heterocycles. The molecule has 0 aliphatic rings. The Morgan fingerprint density at radius 2 is 1.83 bits per heavy atom. The average molecular weight is 319 g/mol. The van der Waals surface area contributed by atoms with Crippen molar-refractivity contribution in [1.82, 2.24) is 4.98 Å². The van der Waals surface area contributed by atoms with E-state index in [4.69, 9.17) is 14.2 Å². The second-order valence-corrected chi connectivity index (χ2v) is 4.44. The van der Waals surface area contributed by atoms with Crippen LogP contribution in [0.25, 0.3) is 0 Å². The summed E-state index contributed by atoms with van der Waals surface area (Å²) in [7, 11) is 2.78. The Balaban J connectivity index is 1.97. The minimum Gasteiger partial charge on any atom is -0.494 e. The van der Waals surface area contributed by atoms with Crippen LogP contribution in [0.3, 0.4) is 0 Å². The minimum atomic E-state index is -0.706. The summed E-state index contributed by atoms with van der Waals surface area (Å²) in [6, 6.07) is 6.72. The Morgan fingerprint density at radius 3 is 2.39 bits per heavy atom. The van der Waals surface area contributed by atoms with Gasteiger partial charge in [0.05, 0.1) is 19.8 Å². The topological polar surface area (TPSA) is 74.7 Å². The lowest BCUT2D eigenvalue weighted by Gasteiger charge is -2.06. The summed E-state index contributed by atoms with van der Waals surface area (Å²) in [6.07, 6.45) is 1.28. The highest BCUT2D eigenvalue weighted by Crippen LogP contribution is 2.18. The highest BCUT2D eigenvalue weighted by atomic mass is 19.1. The third-order valence-electron chi connectivity index (χ3n) is 2.99. The number of hydrogen-bond donors (Lipinski definition) is 0. The number of esters is 1. The summed E-state index contributed by atoms with van der Waals surface area (Å²) >= 11 is 0. The zero-order valence-corrected chi connectivity index (χ0v) is 12.5. The van der Waals surface area contributed by atoms with Crippen LogP contribution in [0.15, 0.2) is 36.5 Å². The smallest absolute Gasteiger partial charge is 0.340 e. The van der Waals surface area contributed by atoms with Crippen LogP contribution in [-0.4, -0.2) is 37.6 Å². The van der Waals surface area contributed by atoms with Crippen LogP contribution >= 0.6 is 0 Å². The molecule has 0 aliphatic carbocycles. The van der Waals surface area contributed by atoms with E-state index in [1.54, 1.807) is 0 Å². The Hall–Kier alpha value is -2.96. The molecule has 0 amide bonds. The molecule has 0 saturated heterocycles. The standard InChI is InChI=1S/C16H14FNO5/c1-21-14-5-3-10(7-12(14)17)13(19)9-23-16(20)11-4-6-15(22-2)18-8-11/h3-8H,9H2,1-2H3. The van der Waals surface area contributed by atoms with Crippen LogP contribution in [0.5, 0.6) is 11.6 Å². The van der Waals surface area contributed by atoms with Crippen LogP contribution in [0.4, 0.5) is 4.39 Å². The van der Waals surface area contributed by atoms with Crippen molar-refractivity contribution >= 4 is 11.8 Å². The number of pyridine rings is 1. The normalized spacial score (nSPS) is 10.0. The van der Waals surface area contributed by atoms with Gasteiger partial charge in [0, 0.05) is 17.8 Å². The van der Waals surface area contributed by atoms with E-state index in [9.17, 15) is 14.0 Å². The summed E-state index contributed by atoms with van der Waals surface area (Å²) < 4.78 is 28.1. The molecule has 0 atom stereocenters. The minimum absolute atomic E-state index is 0.0304. The third kappa shape index (κ3) is 4.03. The molecule has 0 aliphatic heterocycles. The zero-order valence-electron chi connectivity index (χ0n) is 12.5. The molecule has 0 fully saturated rings. The van der Waals surface area contributed by atoms with Crippen LogP contribution in [0.2, 0.25) is 0 Å². The first kappa shape index (κ1) is 16.4.